The molecule has 174 valence electrons. The Balaban J connectivity index is 1.49. The molecule has 10 heteroatoms. The van der Waals surface area contributed by atoms with E-state index >= 15 is 0 Å². The number of pyridine rings is 1. The number of hydrogen-bond acceptors (Lipinski definition) is 5. The van der Waals surface area contributed by atoms with Gasteiger partial charge in [-0.2, -0.15) is 0 Å². The van der Waals surface area contributed by atoms with Crippen LogP contribution >= 0.6 is 0 Å². The van der Waals surface area contributed by atoms with Gasteiger partial charge in [-0.15, -0.1) is 0 Å². The number of aromatic nitrogens is 1. The van der Waals surface area contributed by atoms with Crippen molar-refractivity contribution >= 4 is 28.3 Å². The zero-order valence-corrected chi connectivity index (χ0v) is 18.0. The van der Waals surface area contributed by atoms with Gasteiger partial charge in [0.2, 0.25) is 0 Å². The maximum Gasteiger partial charge on any atom is 0.323 e. The van der Waals surface area contributed by atoms with Gasteiger partial charge in [-0.3, -0.25) is 4.98 Å². The second-order valence-corrected chi connectivity index (χ2v) is 6.96. The summed E-state index contributed by atoms with van der Waals surface area (Å²) in [6, 6.07) is 11.8. The fraction of sp³-hybridized carbons (Fsp3) is 0.0833. The topological polar surface area (TPSA) is 81.7 Å². The van der Waals surface area contributed by atoms with Crippen molar-refractivity contribution in [3.63, 3.8) is 0 Å². The zero-order chi connectivity index (χ0) is 24.2. The Bertz CT molecular complexity index is 1360. The fourth-order valence-corrected chi connectivity index (χ4v) is 3.19. The second-order valence-electron chi connectivity index (χ2n) is 6.96. The Labute approximate surface area is 192 Å². The molecule has 0 radical (unpaired) electrons. The van der Waals surface area contributed by atoms with E-state index in [9.17, 15) is 18.0 Å². The van der Waals surface area contributed by atoms with Gasteiger partial charge in [-0.05, 0) is 48.5 Å². The number of anilines is 2. The van der Waals surface area contributed by atoms with E-state index in [1.807, 2.05) is 5.32 Å². The first-order chi connectivity index (χ1) is 16.4. The molecule has 0 fully saturated rings. The molecule has 0 atom stereocenters. The third-order valence-corrected chi connectivity index (χ3v) is 4.83. The number of benzene rings is 3. The quantitative estimate of drug-likeness (QED) is 0.333. The largest absolute Gasteiger partial charge is 0.493 e. The van der Waals surface area contributed by atoms with Crippen LogP contribution in [0.1, 0.15) is 0 Å². The minimum absolute atomic E-state index is 0.313. The van der Waals surface area contributed by atoms with Crippen molar-refractivity contribution in [3.8, 4) is 23.0 Å². The summed E-state index contributed by atoms with van der Waals surface area (Å²) in [6.45, 7) is 0. The highest BCUT2D eigenvalue weighted by Gasteiger charge is 2.16. The molecule has 0 bridgehead atoms. The summed E-state index contributed by atoms with van der Waals surface area (Å²) in [4.78, 5) is 16.4. The van der Waals surface area contributed by atoms with E-state index < -0.39 is 29.2 Å². The molecule has 1 aromatic heterocycles. The Kier molecular flexibility index (Phi) is 6.39. The standard InChI is InChI=1S/C24H18F3N3O4/c1-32-20-11-15-18(12-21(20)33-2)28-10-9-19(15)34-14-5-3-13(4-6-14)29-24(31)30-23-17(26)8-7-16(25)22(23)27/h3-12H,1-2H3,(H2,29,30,31). The van der Waals surface area contributed by atoms with E-state index in [2.05, 4.69) is 10.3 Å². The highest BCUT2D eigenvalue weighted by atomic mass is 19.2. The Morgan fingerprint density at radius 2 is 1.50 bits per heavy atom. The van der Waals surface area contributed by atoms with Gasteiger partial charge in [0.1, 0.15) is 23.0 Å². The summed E-state index contributed by atoms with van der Waals surface area (Å²) in [6.07, 6.45) is 1.59. The van der Waals surface area contributed by atoms with Gasteiger partial charge in [-0.1, -0.05) is 0 Å². The van der Waals surface area contributed by atoms with Crippen molar-refractivity contribution in [1.29, 1.82) is 0 Å². The van der Waals surface area contributed by atoms with Gasteiger partial charge in [0, 0.05) is 23.3 Å². The van der Waals surface area contributed by atoms with Crippen LogP contribution in [0.2, 0.25) is 0 Å². The van der Waals surface area contributed by atoms with E-state index in [0.717, 1.165) is 0 Å². The molecule has 0 unspecified atom stereocenters. The van der Waals surface area contributed by atoms with Crippen LogP contribution in [-0.4, -0.2) is 25.2 Å². The van der Waals surface area contributed by atoms with Gasteiger partial charge >= 0.3 is 6.03 Å². The van der Waals surface area contributed by atoms with Gasteiger partial charge in [0.25, 0.3) is 0 Å². The number of ether oxygens (including phenoxy) is 3. The predicted octanol–water partition coefficient (Wildman–Crippen LogP) is 6.11. The van der Waals surface area contributed by atoms with Crippen LogP contribution in [-0.2, 0) is 0 Å². The number of nitrogens with zero attached hydrogens (tertiary/aromatic N) is 1. The van der Waals surface area contributed by atoms with Crippen molar-refractivity contribution in [3.05, 3.63) is 78.2 Å². The molecule has 0 aliphatic carbocycles. The van der Waals surface area contributed by atoms with E-state index in [0.29, 0.717) is 51.7 Å². The summed E-state index contributed by atoms with van der Waals surface area (Å²) < 4.78 is 57.3. The molecule has 2 amide bonds. The average Bonchev–Trinajstić information content (AvgIpc) is 2.84. The number of carbonyl (C=O) groups excluding carboxylic acids is 1. The minimum atomic E-state index is -1.49. The Morgan fingerprint density at radius 3 is 2.21 bits per heavy atom. The molecular formula is C24H18F3N3O4. The molecule has 2 N–H and O–H groups in total. The SMILES string of the molecule is COc1cc2nccc(Oc3ccc(NC(=O)Nc4c(F)ccc(F)c4F)cc3)c2cc1OC. The summed E-state index contributed by atoms with van der Waals surface area (Å²) in [5.41, 5.74) is 0.0732. The lowest BCUT2D eigenvalue weighted by Gasteiger charge is -2.13. The molecule has 0 aliphatic heterocycles. The van der Waals surface area contributed by atoms with Crippen LogP contribution in [0.3, 0.4) is 0 Å². The molecule has 0 saturated heterocycles. The van der Waals surface area contributed by atoms with Crippen LogP contribution in [0.25, 0.3) is 10.9 Å². The fourth-order valence-electron chi connectivity index (χ4n) is 3.19. The number of halogens is 3. The van der Waals surface area contributed by atoms with E-state index in [4.69, 9.17) is 14.2 Å². The predicted molar refractivity (Wildman–Crippen MR) is 120 cm³/mol. The normalized spacial score (nSPS) is 10.6. The minimum Gasteiger partial charge on any atom is -0.493 e. The monoisotopic (exact) mass is 469 g/mol. The molecule has 4 aromatic rings. The lowest BCUT2D eigenvalue weighted by atomic mass is 10.2. The highest BCUT2D eigenvalue weighted by Crippen LogP contribution is 2.37. The summed E-state index contributed by atoms with van der Waals surface area (Å²) in [7, 11) is 3.06. The maximum absolute atomic E-state index is 13.7. The molecule has 0 saturated carbocycles. The first-order valence-electron chi connectivity index (χ1n) is 9.89. The highest BCUT2D eigenvalue weighted by molar-refractivity contribution is 6.00. The Hall–Kier alpha value is -4.47. The molecule has 7 nitrogen and oxygen atoms in total. The molecule has 0 aliphatic rings. The van der Waals surface area contributed by atoms with Gasteiger partial charge in [0.15, 0.2) is 23.1 Å². The lowest BCUT2D eigenvalue weighted by molar-refractivity contribution is 0.262. The van der Waals surface area contributed by atoms with Crippen LogP contribution in [0.5, 0.6) is 23.0 Å². The van der Waals surface area contributed by atoms with E-state index in [1.54, 1.807) is 36.5 Å². The average molecular weight is 469 g/mol. The Morgan fingerprint density at radius 1 is 0.824 bits per heavy atom. The van der Waals surface area contributed by atoms with E-state index in [1.165, 1.54) is 26.4 Å². The first kappa shape index (κ1) is 22.7. The maximum atomic E-state index is 13.7. The van der Waals surface area contributed by atoms with Crippen molar-refractivity contribution in [1.82, 2.24) is 4.98 Å². The number of methoxy groups -OCH3 is 2. The number of carbonyl (C=O) groups is 1. The molecular weight excluding hydrogens is 451 g/mol. The van der Waals surface area contributed by atoms with Crippen molar-refractivity contribution < 1.29 is 32.2 Å². The smallest absolute Gasteiger partial charge is 0.323 e. The lowest BCUT2D eigenvalue weighted by Crippen LogP contribution is -2.21. The molecule has 0 spiro atoms. The first-order valence-corrected chi connectivity index (χ1v) is 9.89. The van der Waals surface area contributed by atoms with E-state index in [-0.39, 0.29) is 0 Å². The van der Waals surface area contributed by atoms with Gasteiger partial charge in [-0.25, -0.2) is 18.0 Å². The van der Waals surface area contributed by atoms with Gasteiger partial charge < -0.3 is 24.8 Å². The zero-order valence-electron chi connectivity index (χ0n) is 18.0. The molecule has 34 heavy (non-hydrogen) atoms. The number of hydrogen-bond donors (Lipinski definition) is 2. The summed E-state index contributed by atoms with van der Waals surface area (Å²) in [5, 5.41) is 5.07. The second kappa shape index (κ2) is 9.57. The van der Waals surface area contributed by atoms with Crippen molar-refractivity contribution in [2.24, 2.45) is 0 Å². The number of nitrogens with one attached hydrogen (secondary N) is 2. The van der Waals surface area contributed by atoms with Crippen LogP contribution in [0, 0.1) is 17.5 Å². The van der Waals surface area contributed by atoms with Gasteiger partial charge in [0.05, 0.1) is 19.7 Å². The number of rotatable bonds is 6. The van der Waals surface area contributed by atoms with Crippen molar-refractivity contribution in [2.75, 3.05) is 24.9 Å². The number of urea groups is 1. The van der Waals surface area contributed by atoms with Crippen LogP contribution in [0.4, 0.5) is 29.3 Å². The summed E-state index contributed by atoms with van der Waals surface area (Å²) >= 11 is 0. The third-order valence-electron chi connectivity index (χ3n) is 4.83. The molecule has 1 heterocycles. The van der Waals surface area contributed by atoms with Crippen LogP contribution in [0.15, 0.2) is 60.8 Å². The summed E-state index contributed by atoms with van der Waals surface area (Å²) in [5.74, 6) is -1.85. The molecule has 4 rings (SSSR count). The molecule has 3 aromatic carbocycles. The van der Waals surface area contributed by atoms with Crippen LogP contribution < -0.4 is 24.8 Å². The third kappa shape index (κ3) is 4.65. The van der Waals surface area contributed by atoms with Crippen molar-refractivity contribution in [2.45, 2.75) is 0 Å². The number of amides is 2. The number of fused-ring (bicyclic) bond motifs is 1.